The van der Waals surface area contributed by atoms with Gasteiger partial charge in [-0.3, -0.25) is 4.79 Å². The van der Waals surface area contributed by atoms with E-state index in [1.54, 1.807) is 0 Å². The number of hydrogen-bond acceptors (Lipinski definition) is 3. The van der Waals surface area contributed by atoms with Crippen molar-refractivity contribution in [2.75, 3.05) is 0 Å². The Morgan fingerprint density at radius 3 is 2.75 bits per heavy atom. The number of carboxylic acids is 1. The first kappa shape index (κ1) is 14.9. The zero-order chi connectivity index (χ0) is 16.8. The zero-order valence-corrected chi connectivity index (χ0v) is 14.2. The lowest BCUT2D eigenvalue weighted by molar-refractivity contribution is -0.137. The van der Waals surface area contributed by atoms with E-state index < -0.39 is 5.97 Å². The number of aryl methyl sites for hydroxylation is 1. The lowest BCUT2D eigenvalue weighted by Crippen LogP contribution is -2.09. The minimum atomic E-state index is -0.841. The molecule has 0 atom stereocenters. The van der Waals surface area contributed by atoms with E-state index in [0.29, 0.717) is 0 Å². The summed E-state index contributed by atoms with van der Waals surface area (Å²) in [5.74, 6) is -0.841. The van der Waals surface area contributed by atoms with Gasteiger partial charge in [-0.25, -0.2) is 0 Å². The second-order valence-corrected chi connectivity index (χ2v) is 6.74. The van der Waals surface area contributed by atoms with Crippen molar-refractivity contribution in [2.24, 2.45) is 0 Å². The van der Waals surface area contributed by atoms with Crippen LogP contribution in [0, 0.1) is 13.8 Å². The highest BCUT2D eigenvalue weighted by Gasteiger charge is 2.21. The Kier molecular flexibility index (Phi) is 3.39. The minimum absolute atomic E-state index is 0.0478. The van der Waals surface area contributed by atoms with Gasteiger partial charge in [-0.2, -0.15) is 4.37 Å². The second-order valence-electron chi connectivity index (χ2n) is 5.94. The molecule has 0 spiro atoms. The summed E-state index contributed by atoms with van der Waals surface area (Å²) < 4.78 is 7.70. The van der Waals surface area contributed by atoms with Gasteiger partial charge in [-0.05, 0) is 43.1 Å². The maximum Gasteiger partial charge on any atom is 0.323 e. The van der Waals surface area contributed by atoms with E-state index in [1.807, 2.05) is 35.8 Å². The average molecular weight is 336 g/mol. The van der Waals surface area contributed by atoms with Crippen molar-refractivity contribution in [3.63, 3.8) is 0 Å². The van der Waals surface area contributed by atoms with E-state index >= 15 is 0 Å². The number of fused-ring (bicyclic) bond motifs is 2. The van der Waals surface area contributed by atoms with Crippen LogP contribution >= 0.6 is 11.5 Å². The van der Waals surface area contributed by atoms with Crippen molar-refractivity contribution in [2.45, 2.75) is 20.4 Å². The number of nitrogens with zero attached hydrogens (tertiary/aromatic N) is 2. The van der Waals surface area contributed by atoms with E-state index in [2.05, 4.69) is 25.1 Å². The molecule has 2 aromatic carbocycles. The predicted octanol–water partition coefficient (Wildman–Crippen LogP) is 4.62. The minimum Gasteiger partial charge on any atom is -0.480 e. The van der Waals surface area contributed by atoms with Crippen LogP contribution in [-0.2, 0) is 11.3 Å². The zero-order valence-electron chi connectivity index (χ0n) is 13.4. The van der Waals surface area contributed by atoms with Crippen LogP contribution in [0.1, 0.15) is 11.3 Å². The van der Waals surface area contributed by atoms with Gasteiger partial charge in [-0.1, -0.05) is 30.3 Å². The molecule has 0 bridgehead atoms. The maximum absolute atomic E-state index is 11.3. The molecule has 2 heterocycles. The third kappa shape index (κ3) is 2.12. The molecule has 0 aliphatic heterocycles. The van der Waals surface area contributed by atoms with E-state index in [4.69, 9.17) is 4.37 Å². The van der Waals surface area contributed by atoms with Crippen LogP contribution in [0.2, 0.25) is 0 Å². The lowest BCUT2D eigenvalue weighted by atomic mass is 10.0. The van der Waals surface area contributed by atoms with Gasteiger partial charge in [0.05, 0.1) is 10.4 Å². The van der Waals surface area contributed by atoms with Gasteiger partial charge >= 0.3 is 5.97 Å². The first-order chi connectivity index (χ1) is 11.6. The fourth-order valence-corrected chi connectivity index (χ4v) is 4.18. The number of aromatic nitrogens is 2. The normalized spacial score (nSPS) is 11.4. The second kappa shape index (κ2) is 5.46. The number of carbonyl (C=O) groups is 1. The van der Waals surface area contributed by atoms with Gasteiger partial charge in [0.2, 0.25) is 0 Å². The molecule has 5 heteroatoms. The van der Waals surface area contributed by atoms with E-state index in [1.165, 1.54) is 11.5 Å². The third-order valence-electron chi connectivity index (χ3n) is 4.47. The Hall–Kier alpha value is -2.66. The van der Waals surface area contributed by atoms with E-state index in [0.717, 1.165) is 43.5 Å². The number of rotatable bonds is 3. The van der Waals surface area contributed by atoms with Crippen LogP contribution in [0.5, 0.6) is 0 Å². The molecule has 0 fully saturated rings. The predicted molar refractivity (Wildman–Crippen MR) is 97.7 cm³/mol. The SMILES string of the molecule is Cc1cccc2c1c(-c1nsc3ccccc13)c(C)n2CC(=O)O. The molecule has 0 radical (unpaired) electrons. The van der Waals surface area contributed by atoms with Crippen molar-refractivity contribution < 1.29 is 9.90 Å². The fraction of sp³-hybridized carbons (Fsp3) is 0.158. The van der Waals surface area contributed by atoms with Crippen LogP contribution in [0.25, 0.3) is 32.2 Å². The molecule has 0 saturated heterocycles. The molecule has 0 saturated carbocycles. The van der Waals surface area contributed by atoms with Crippen LogP contribution in [-0.4, -0.2) is 20.0 Å². The topological polar surface area (TPSA) is 55.1 Å². The standard InChI is InChI=1S/C19H16N2O2S/c1-11-6-5-8-14-17(11)18(12(2)21(14)10-16(22)23)19-13-7-3-4-9-15(13)24-20-19/h3-9H,10H2,1-2H3,(H,22,23). The summed E-state index contributed by atoms with van der Waals surface area (Å²) in [5, 5.41) is 11.5. The summed E-state index contributed by atoms with van der Waals surface area (Å²) in [6, 6.07) is 14.2. The number of benzene rings is 2. The summed E-state index contributed by atoms with van der Waals surface area (Å²) in [7, 11) is 0. The largest absolute Gasteiger partial charge is 0.480 e. The first-order valence-corrected chi connectivity index (χ1v) is 8.50. The molecule has 0 unspecified atom stereocenters. The van der Waals surface area contributed by atoms with Crippen molar-refractivity contribution in [3.8, 4) is 11.3 Å². The molecular weight excluding hydrogens is 320 g/mol. The first-order valence-electron chi connectivity index (χ1n) is 7.73. The molecular formula is C19H16N2O2S. The maximum atomic E-state index is 11.3. The van der Waals surface area contributed by atoms with Gasteiger partial charge in [0.25, 0.3) is 0 Å². The third-order valence-corrected chi connectivity index (χ3v) is 5.29. The number of aliphatic carboxylic acids is 1. The van der Waals surface area contributed by atoms with Gasteiger partial charge in [0.15, 0.2) is 0 Å². The Balaban J connectivity index is 2.12. The number of carboxylic acid groups (broad SMARTS) is 1. The molecule has 0 amide bonds. The van der Waals surface area contributed by atoms with Gasteiger partial charge in [0, 0.05) is 27.5 Å². The van der Waals surface area contributed by atoms with Crippen molar-refractivity contribution in [1.82, 2.24) is 8.94 Å². The Morgan fingerprint density at radius 1 is 1.17 bits per heavy atom. The highest BCUT2D eigenvalue weighted by Crippen LogP contribution is 2.40. The molecule has 120 valence electrons. The van der Waals surface area contributed by atoms with E-state index in [-0.39, 0.29) is 6.54 Å². The lowest BCUT2D eigenvalue weighted by Gasteiger charge is -2.04. The molecule has 24 heavy (non-hydrogen) atoms. The molecule has 0 aliphatic carbocycles. The average Bonchev–Trinajstić information content (AvgIpc) is 3.08. The van der Waals surface area contributed by atoms with Gasteiger partial charge in [-0.15, -0.1) is 0 Å². The van der Waals surface area contributed by atoms with Gasteiger partial charge < -0.3 is 9.67 Å². The van der Waals surface area contributed by atoms with Crippen molar-refractivity contribution in [1.29, 1.82) is 0 Å². The number of hydrogen-bond donors (Lipinski definition) is 1. The summed E-state index contributed by atoms with van der Waals surface area (Å²) >= 11 is 1.48. The van der Waals surface area contributed by atoms with E-state index in [9.17, 15) is 9.90 Å². The molecule has 1 N–H and O–H groups in total. The van der Waals surface area contributed by atoms with Crippen LogP contribution < -0.4 is 0 Å². The quantitative estimate of drug-likeness (QED) is 0.594. The fourth-order valence-electron chi connectivity index (χ4n) is 3.39. The summed E-state index contributed by atoms with van der Waals surface area (Å²) in [6.07, 6.45) is 0. The van der Waals surface area contributed by atoms with Crippen LogP contribution in [0.3, 0.4) is 0 Å². The summed E-state index contributed by atoms with van der Waals surface area (Å²) in [4.78, 5) is 11.3. The van der Waals surface area contributed by atoms with Gasteiger partial charge in [0.1, 0.15) is 6.54 Å². The van der Waals surface area contributed by atoms with Crippen LogP contribution in [0.4, 0.5) is 0 Å². The molecule has 0 aliphatic rings. The molecule has 4 nitrogen and oxygen atoms in total. The highest BCUT2D eigenvalue weighted by molar-refractivity contribution is 7.13. The molecule has 2 aromatic heterocycles. The monoisotopic (exact) mass is 336 g/mol. The Labute approximate surface area is 143 Å². The highest BCUT2D eigenvalue weighted by atomic mass is 32.1. The smallest absolute Gasteiger partial charge is 0.323 e. The van der Waals surface area contributed by atoms with Crippen molar-refractivity contribution in [3.05, 3.63) is 53.7 Å². The summed E-state index contributed by atoms with van der Waals surface area (Å²) in [5.41, 5.74) is 5.00. The Morgan fingerprint density at radius 2 is 1.96 bits per heavy atom. The van der Waals surface area contributed by atoms with Crippen LogP contribution in [0.15, 0.2) is 42.5 Å². The Bertz CT molecular complexity index is 1090. The van der Waals surface area contributed by atoms with Crippen molar-refractivity contribution >= 4 is 38.5 Å². The molecule has 4 rings (SSSR count). The summed E-state index contributed by atoms with van der Waals surface area (Å²) in [6.45, 7) is 3.99. The molecule has 4 aromatic rings.